The third kappa shape index (κ3) is 3.33. The molecule has 2 aromatic carbocycles. The minimum absolute atomic E-state index is 0.369. The first kappa shape index (κ1) is 16.1. The van der Waals surface area contributed by atoms with Gasteiger partial charge >= 0.3 is 0 Å². The third-order valence-corrected chi connectivity index (χ3v) is 6.49. The van der Waals surface area contributed by atoms with Crippen molar-refractivity contribution in [1.29, 1.82) is 0 Å². The van der Waals surface area contributed by atoms with Gasteiger partial charge in [0.15, 0.2) is 9.84 Å². The van der Waals surface area contributed by atoms with E-state index in [1.807, 2.05) is 42.5 Å². The van der Waals surface area contributed by atoms with E-state index in [9.17, 15) is 8.42 Å². The molecule has 4 heteroatoms. The van der Waals surface area contributed by atoms with E-state index in [1.54, 1.807) is 26.0 Å². The van der Waals surface area contributed by atoms with Crippen molar-refractivity contribution in [3.05, 3.63) is 54.6 Å². The SMILES string of the molecule is CC(C)(CCS)S(=O)(=O)c1ccc(-c2ccccc2)cc1. The molecule has 0 aliphatic carbocycles. The number of hydrogen-bond donors (Lipinski definition) is 1. The first-order valence-electron chi connectivity index (χ1n) is 6.89. The van der Waals surface area contributed by atoms with Crippen molar-refractivity contribution in [1.82, 2.24) is 0 Å². The Morgan fingerprint density at radius 1 is 0.905 bits per heavy atom. The van der Waals surface area contributed by atoms with Gasteiger partial charge in [-0.25, -0.2) is 8.42 Å². The molecule has 0 spiro atoms. The normalized spacial score (nSPS) is 12.3. The molecule has 2 nitrogen and oxygen atoms in total. The fourth-order valence-corrected chi connectivity index (χ4v) is 4.39. The highest BCUT2D eigenvalue weighted by atomic mass is 32.2. The summed E-state index contributed by atoms with van der Waals surface area (Å²) in [7, 11) is -3.35. The van der Waals surface area contributed by atoms with Gasteiger partial charge in [-0.3, -0.25) is 0 Å². The first-order chi connectivity index (χ1) is 9.88. The molecule has 0 amide bonds. The van der Waals surface area contributed by atoms with E-state index in [0.29, 0.717) is 17.1 Å². The second kappa shape index (κ2) is 6.24. The predicted molar refractivity (Wildman–Crippen MR) is 91.6 cm³/mol. The summed E-state index contributed by atoms with van der Waals surface area (Å²) in [5.41, 5.74) is 2.10. The highest BCUT2D eigenvalue weighted by Crippen LogP contribution is 2.30. The summed E-state index contributed by atoms with van der Waals surface area (Å²) >= 11 is 4.16. The van der Waals surface area contributed by atoms with Crippen molar-refractivity contribution >= 4 is 22.5 Å². The standard InChI is InChI=1S/C17H20O2S2/c1-17(2,12-13-20)21(18,19)16-10-8-15(9-11-16)14-6-4-3-5-7-14/h3-11,20H,12-13H2,1-2H3. The minimum atomic E-state index is -3.35. The highest BCUT2D eigenvalue weighted by molar-refractivity contribution is 7.92. The van der Waals surface area contributed by atoms with Crippen LogP contribution < -0.4 is 0 Å². The predicted octanol–water partition coefficient (Wildman–Crippen LogP) is 4.23. The summed E-state index contributed by atoms with van der Waals surface area (Å²) in [6.07, 6.45) is 0.527. The lowest BCUT2D eigenvalue weighted by atomic mass is 10.1. The van der Waals surface area contributed by atoms with E-state index in [4.69, 9.17) is 0 Å². The van der Waals surface area contributed by atoms with Gasteiger partial charge in [0, 0.05) is 0 Å². The Bertz CT molecular complexity index is 687. The molecule has 112 valence electrons. The number of thiol groups is 1. The van der Waals surface area contributed by atoms with Crippen molar-refractivity contribution in [2.24, 2.45) is 0 Å². The molecular weight excluding hydrogens is 300 g/mol. The Morgan fingerprint density at radius 3 is 1.95 bits per heavy atom. The zero-order chi connectivity index (χ0) is 15.5. The average molecular weight is 320 g/mol. The van der Waals surface area contributed by atoms with E-state index < -0.39 is 14.6 Å². The van der Waals surface area contributed by atoms with E-state index in [-0.39, 0.29) is 0 Å². The van der Waals surface area contributed by atoms with Crippen LogP contribution in [0.1, 0.15) is 20.3 Å². The Morgan fingerprint density at radius 2 is 1.43 bits per heavy atom. The van der Waals surface area contributed by atoms with Crippen LogP contribution in [0.4, 0.5) is 0 Å². The van der Waals surface area contributed by atoms with E-state index in [1.165, 1.54) is 0 Å². The molecule has 0 bridgehead atoms. The van der Waals surface area contributed by atoms with E-state index in [2.05, 4.69) is 12.6 Å². The molecule has 2 rings (SSSR count). The maximum atomic E-state index is 12.7. The van der Waals surface area contributed by atoms with Gasteiger partial charge in [0.25, 0.3) is 0 Å². The van der Waals surface area contributed by atoms with Crippen LogP contribution in [0.3, 0.4) is 0 Å². The second-order valence-electron chi connectivity index (χ2n) is 5.63. The minimum Gasteiger partial charge on any atom is -0.223 e. The van der Waals surface area contributed by atoms with Crippen LogP contribution in [-0.2, 0) is 9.84 Å². The fraction of sp³-hybridized carbons (Fsp3) is 0.294. The van der Waals surface area contributed by atoms with Gasteiger partial charge in [0.2, 0.25) is 0 Å². The van der Waals surface area contributed by atoms with Crippen LogP contribution in [0.25, 0.3) is 11.1 Å². The molecule has 0 unspecified atom stereocenters. The second-order valence-corrected chi connectivity index (χ2v) is 8.66. The van der Waals surface area contributed by atoms with Gasteiger partial charge in [-0.15, -0.1) is 0 Å². The first-order valence-corrected chi connectivity index (χ1v) is 9.01. The molecule has 0 atom stereocenters. The topological polar surface area (TPSA) is 34.1 Å². The van der Waals surface area contributed by atoms with Crippen LogP contribution in [0.2, 0.25) is 0 Å². The Balaban J connectivity index is 2.35. The molecule has 0 fully saturated rings. The van der Waals surface area contributed by atoms with Crippen LogP contribution in [-0.4, -0.2) is 18.9 Å². The van der Waals surface area contributed by atoms with Crippen molar-refractivity contribution in [2.45, 2.75) is 29.9 Å². The molecule has 0 radical (unpaired) electrons. The van der Waals surface area contributed by atoms with Crippen molar-refractivity contribution in [2.75, 3.05) is 5.75 Å². The summed E-state index contributed by atoms with van der Waals surface area (Å²) in [5, 5.41) is 0. The lowest BCUT2D eigenvalue weighted by molar-refractivity contribution is 0.540. The summed E-state index contributed by atoms with van der Waals surface area (Å²) in [4.78, 5) is 0.369. The van der Waals surface area contributed by atoms with Gasteiger partial charge in [0.1, 0.15) is 0 Å². The molecule has 21 heavy (non-hydrogen) atoms. The van der Waals surface area contributed by atoms with Crippen LogP contribution in [0.15, 0.2) is 59.5 Å². The number of benzene rings is 2. The Labute approximate surface area is 132 Å². The summed E-state index contributed by atoms with van der Waals surface area (Å²) in [6.45, 7) is 3.51. The molecule has 2 aromatic rings. The van der Waals surface area contributed by atoms with Gasteiger partial charge in [0.05, 0.1) is 9.64 Å². The third-order valence-electron chi connectivity index (χ3n) is 3.71. The largest absolute Gasteiger partial charge is 0.223 e. The number of hydrogen-bond acceptors (Lipinski definition) is 3. The number of sulfone groups is 1. The number of rotatable bonds is 5. The van der Waals surface area contributed by atoms with Gasteiger partial charge in [-0.2, -0.15) is 12.6 Å². The summed E-state index contributed by atoms with van der Waals surface area (Å²) < 4.78 is 24.5. The van der Waals surface area contributed by atoms with E-state index >= 15 is 0 Å². The van der Waals surface area contributed by atoms with Crippen molar-refractivity contribution < 1.29 is 8.42 Å². The van der Waals surface area contributed by atoms with Crippen LogP contribution >= 0.6 is 12.6 Å². The van der Waals surface area contributed by atoms with Gasteiger partial charge < -0.3 is 0 Å². The Kier molecular flexibility index (Phi) is 4.79. The lowest BCUT2D eigenvalue weighted by Gasteiger charge is -2.24. The molecule has 0 saturated carbocycles. The van der Waals surface area contributed by atoms with Gasteiger partial charge in [-0.05, 0) is 49.3 Å². The van der Waals surface area contributed by atoms with E-state index in [0.717, 1.165) is 11.1 Å². The van der Waals surface area contributed by atoms with Crippen molar-refractivity contribution in [3.8, 4) is 11.1 Å². The highest BCUT2D eigenvalue weighted by Gasteiger charge is 2.34. The monoisotopic (exact) mass is 320 g/mol. The maximum Gasteiger partial charge on any atom is 0.183 e. The molecule has 0 aliphatic rings. The Hall–Kier alpha value is -1.26. The zero-order valence-electron chi connectivity index (χ0n) is 12.3. The maximum absolute atomic E-state index is 12.7. The fourth-order valence-electron chi connectivity index (χ4n) is 2.18. The van der Waals surface area contributed by atoms with Crippen molar-refractivity contribution in [3.63, 3.8) is 0 Å². The van der Waals surface area contributed by atoms with Crippen LogP contribution in [0.5, 0.6) is 0 Å². The zero-order valence-corrected chi connectivity index (χ0v) is 14.0. The summed E-state index contributed by atoms with van der Waals surface area (Å²) in [5.74, 6) is 0.550. The smallest absolute Gasteiger partial charge is 0.183 e. The average Bonchev–Trinajstić information content (AvgIpc) is 2.48. The molecule has 0 aliphatic heterocycles. The lowest BCUT2D eigenvalue weighted by Crippen LogP contribution is -2.32. The molecule has 0 aromatic heterocycles. The quantitative estimate of drug-likeness (QED) is 0.837. The molecule has 0 heterocycles. The molecular formula is C17H20O2S2. The van der Waals surface area contributed by atoms with Gasteiger partial charge in [-0.1, -0.05) is 42.5 Å². The molecule has 0 saturated heterocycles. The van der Waals surface area contributed by atoms with Crippen LogP contribution in [0, 0.1) is 0 Å². The summed E-state index contributed by atoms with van der Waals surface area (Å²) in [6, 6.07) is 17.0. The molecule has 0 N–H and O–H groups in total.